The van der Waals surface area contributed by atoms with Crippen LogP contribution in [-0.2, 0) is 15.9 Å². The van der Waals surface area contributed by atoms with Gasteiger partial charge in [-0.2, -0.15) is 0 Å². The zero-order valence-electron chi connectivity index (χ0n) is 22.6. The Balaban J connectivity index is 2.90. The van der Waals surface area contributed by atoms with Crippen LogP contribution in [0.25, 0.3) is 0 Å². The monoisotopic (exact) mass is 477 g/mol. The molecule has 0 spiro atoms. The number of ether oxygens (including phenoxy) is 2. The smallest absolute Gasteiger partial charge is 0.410 e. The van der Waals surface area contributed by atoms with Crippen molar-refractivity contribution in [2.75, 3.05) is 25.4 Å². The summed E-state index contributed by atoms with van der Waals surface area (Å²) in [5.74, 6) is 0. The largest absolute Gasteiger partial charge is 0.444 e. The third kappa shape index (κ3) is 11.6. The fraction of sp³-hybridized carbons (Fsp3) is 0.704. The second kappa shape index (κ2) is 13.4. The van der Waals surface area contributed by atoms with Crippen LogP contribution in [0.3, 0.4) is 0 Å². The Morgan fingerprint density at radius 2 is 1.44 bits per heavy atom. The molecule has 194 valence electrons. The molecule has 2 N–H and O–H groups in total. The first-order chi connectivity index (χ1) is 15.8. The van der Waals surface area contributed by atoms with E-state index in [0.29, 0.717) is 38.2 Å². The summed E-state index contributed by atoms with van der Waals surface area (Å²) in [5, 5.41) is 0. The van der Waals surface area contributed by atoms with Crippen LogP contribution in [0.15, 0.2) is 24.3 Å². The minimum atomic E-state index is -0.576. The standard InChI is InChI=1S/C27H47N3O4/c1-9-12-23(10-2)30(25(32)34-27(6,7)8)19-11-18-29(24(31)33-26(3,4)5)20-17-21-13-15-22(28)16-14-21/h13-16,23H,9-12,17-20,28H2,1-8H3. The van der Waals surface area contributed by atoms with Gasteiger partial charge < -0.3 is 25.0 Å². The number of hydrogen-bond acceptors (Lipinski definition) is 5. The molecule has 0 radical (unpaired) electrons. The van der Waals surface area contributed by atoms with Crippen LogP contribution < -0.4 is 5.73 Å². The van der Waals surface area contributed by atoms with Crippen molar-refractivity contribution in [3.05, 3.63) is 29.8 Å². The Bertz CT molecular complexity index is 751. The summed E-state index contributed by atoms with van der Waals surface area (Å²) in [6.07, 6.45) is 3.47. The lowest BCUT2D eigenvalue weighted by Crippen LogP contribution is -2.45. The van der Waals surface area contributed by atoms with Crippen molar-refractivity contribution >= 4 is 17.9 Å². The van der Waals surface area contributed by atoms with Gasteiger partial charge in [-0.3, -0.25) is 0 Å². The number of nitrogens with two attached hydrogens (primary N) is 1. The quantitative estimate of drug-likeness (QED) is 0.381. The number of carbonyl (C=O) groups is 2. The number of rotatable bonds is 11. The van der Waals surface area contributed by atoms with Gasteiger partial charge in [0.15, 0.2) is 0 Å². The Morgan fingerprint density at radius 1 is 0.882 bits per heavy atom. The highest BCUT2D eigenvalue weighted by atomic mass is 16.6. The van der Waals surface area contributed by atoms with Crippen molar-refractivity contribution in [3.8, 4) is 0 Å². The Hall–Kier alpha value is -2.44. The number of carbonyl (C=O) groups excluding carboxylic acids is 2. The van der Waals surface area contributed by atoms with Crippen LogP contribution >= 0.6 is 0 Å². The van der Waals surface area contributed by atoms with Crippen LogP contribution in [0.4, 0.5) is 15.3 Å². The van der Waals surface area contributed by atoms with Crippen LogP contribution in [-0.4, -0.2) is 58.9 Å². The molecule has 34 heavy (non-hydrogen) atoms. The van der Waals surface area contributed by atoms with Crippen LogP contribution in [0.2, 0.25) is 0 Å². The summed E-state index contributed by atoms with van der Waals surface area (Å²) in [4.78, 5) is 29.4. The van der Waals surface area contributed by atoms with E-state index in [1.807, 2.05) is 70.7 Å². The van der Waals surface area contributed by atoms with E-state index >= 15 is 0 Å². The van der Waals surface area contributed by atoms with E-state index < -0.39 is 11.2 Å². The zero-order chi connectivity index (χ0) is 25.9. The summed E-state index contributed by atoms with van der Waals surface area (Å²) >= 11 is 0. The van der Waals surface area contributed by atoms with E-state index in [1.54, 1.807) is 4.90 Å². The highest BCUT2D eigenvalue weighted by Gasteiger charge is 2.28. The summed E-state index contributed by atoms with van der Waals surface area (Å²) in [7, 11) is 0. The maximum Gasteiger partial charge on any atom is 0.410 e. The molecule has 7 heteroatoms. The minimum absolute atomic E-state index is 0.115. The first-order valence-corrected chi connectivity index (χ1v) is 12.6. The first-order valence-electron chi connectivity index (χ1n) is 12.6. The molecule has 1 unspecified atom stereocenters. The van der Waals surface area contributed by atoms with Gasteiger partial charge in [0, 0.05) is 31.4 Å². The van der Waals surface area contributed by atoms with E-state index in [1.165, 1.54) is 0 Å². The predicted octanol–water partition coefficient (Wildman–Crippen LogP) is 6.25. The highest BCUT2D eigenvalue weighted by Crippen LogP contribution is 2.18. The van der Waals surface area contributed by atoms with E-state index in [0.717, 1.165) is 24.8 Å². The Labute approximate surface area is 207 Å². The molecule has 0 aliphatic rings. The van der Waals surface area contributed by atoms with Gasteiger partial charge in [-0.05, 0) is 84.9 Å². The molecule has 0 bridgehead atoms. The second-order valence-corrected chi connectivity index (χ2v) is 10.8. The molecule has 1 atom stereocenters. The van der Waals surface area contributed by atoms with Gasteiger partial charge in [0.05, 0.1) is 0 Å². The molecule has 1 aromatic carbocycles. The van der Waals surface area contributed by atoms with E-state index in [-0.39, 0.29) is 18.2 Å². The topological polar surface area (TPSA) is 85.1 Å². The van der Waals surface area contributed by atoms with Crippen molar-refractivity contribution in [2.45, 2.75) is 105 Å². The van der Waals surface area contributed by atoms with E-state index in [9.17, 15) is 9.59 Å². The number of hydrogen-bond donors (Lipinski definition) is 1. The van der Waals surface area contributed by atoms with Gasteiger partial charge in [-0.1, -0.05) is 32.4 Å². The van der Waals surface area contributed by atoms with Crippen molar-refractivity contribution < 1.29 is 19.1 Å². The maximum absolute atomic E-state index is 13.0. The average molecular weight is 478 g/mol. The zero-order valence-corrected chi connectivity index (χ0v) is 22.6. The van der Waals surface area contributed by atoms with Gasteiger partial charge in [-0.15, -0.1) is 0 Å². The highest BCUT2D eigenvalue weighted by molar-refractivity contribution is 5.69. The maximum atomic E-state index is 13.0. The molecular weight excluding hydrogens is 430 g/mol. The molecule has 1 rings (SSSR count). The number of amides is 2. The molecule has 0 fully saturated rings. The number of anilines is 1. The van der Waals surface area contributed by atoms with Crippen molar-refractivity contribution in [1.82, 2.24) is 9.80 Å². The minimum Gasteiger partial charge on any atom is -0.444 e. The van der Waals surface area contributed by atoms with E-state index in [4.69, 9.17) is 15.2 Å². The van der Waals surface area contributed by atoms with E-state index in [2.05, 4.69) is 13.8 Å². The number of nitrogen functional groups attached to an aromatic ring is 1. The molecule has 7 nitrogen and oxygen atoms in total. The summed E-state index contributed by atoms with van der Waals surface area (Å²) in [6.45, 7) is 17.0. The van der Waals surface area contributed by atoms with Crippen LogP contribution in [0.1, 0.15) is 86.6 Å². The van der Waals surface area contributed by atoms with Crippen LogP contribution in [0.5, 0.6) is 0 Å². The molecular formula is C27H47N3O4. The van der Waals surface area contributed by atoms with Gasteiger partial charge in [0.25, 0.3) is 0 Å². The predicted molar refractivity (Wildman–Crippen MR) is 139 cm³/mol. The average Bonchev–Trinajstić information content (AvgIpc) is 2.70. The van der Waals surface area contributed by atoms with Crippen LogP contribution in [0, 0.1) is 0 Å². The summed E-state index contributed by atoms with van der Waals surface area (Å²) in [5.41, 5.74) is 6.48. The second-order valence-electron chi connectivity index (χ2n) is 10.8. The van der Waals surface area contributed by atoms with Gasteiger partial charge >= 0.3 is 12.2 Å². The molecule has 0 aliphatic heterocycles. The number of benzene rings is 1. The Kier molecular flexibility index (Phi) is 11.7. The van der Waals surface area contributed by atoms with Gasteiger partial charge in [0.1, 0.15) is 11.2 Å². The molecule has 2 amide bonds. The fourth-order valence-corrected chi connectivity index (χ4v) is 3.66. The molecule has 0 aliphatic carbocycles. The molecule has 0 aromatic heterocycles. The summed E-state index contributed by atoms with van der Waals surface area (Å²) in [6, 6.07) is 7.80. The first kappa shape index (κ1) is 29.6. The fourth-order valence-electron chi connectivity index (χ4n) is 3.66. The molecule has 0 saturated carbocycles. The Morgan fingerprint density at radius 3 is 1.94 bits per heavy atom. The van der Waals surface area contributed by atoms with Crippen molar-refractivity contribution in [2.24, 2.45) is 0 Å². The molecule has 0 saturated heterocycles. The summed E-state index contributed by atoms with van der Waals surface area (Å²) < 4.78 is 11.3. The molecule has 1 aromatic rings. The third-order valence-electron chi connectivity index (χ3n) is 5.29. The van der Waals surface area contributed by atoms with Gasteiger partial charge in [0.2, 0.25) is 0 Å². The molecule has 0 heterocycles. The SMILES string of the molecule is CCCC(CC)N(CCCN(CCc1ccc(N)cc1)C(=O)OC(C)(C)C)C(=O)OC(C)(C)C. The third-order valence-corrected chi connectivity index (χ3v) is 5.29. The lowest BCUT2D eigenvalue weighted by Gasteiger charge is -2.34. The van der Waals surface area contributed by atoms with Crippen molar-refractivity contribution in [3.63, 3.8) is 0 Å². The van der Waals surface area contributed by atoms with Gasteiger partial charge in [-0.25, -0.2) is 9.59 Å². The normalized spacial score (nSPS) is 12.7. The lowest BCUT2D eigenvalue weighted by molar-refractivity contribution is 0.0123. The van der Waals surface area contributed by atoms with Crippen molar-refractivity contribution in [1.29, 1.82) is 0 Å². The lowest BCUT2D eigenvalue weighted by atomic mass is 10.1. The number of nitrogens with zero attached hydrogens (tertiary/aromatic N) is 2.